The standard InChI is InChI=1S/C32H55N5O7/c1-11-20(5)26-30(42)35(9)22(7)27(39)33-16-15-25(38)44-24(18-19(3)4)29(41)37-17-13-14-23(37)28(40)34-32(8,21(6)12-2)31(43)36(26)10/h19-24,26H,11-18H2,1-10H3,(H,33,39)(H,34,40)/t20-,21+,22-,23-,24+,26-,32-/m0/s1. The van der Waals surface area contributed by atoms with Crippen molar-refractivity contribution >= 4 is 35.5 Å². The number of nitrogens with one attached hydrogen (secondary N) is 2. The average Bonchev–Trinajstić information content (AvgIpc) is 3.48. The van der Waals surface area contributed by atoms with Gasteiger partial charge in [0.25, 0.3) is 5.91 Å². The van der Waals surface area contributed by atoms with E-state index in [4.69, 9.17) is 4.74 Å². The second-order valence-corrected chi connectivity index (χ2v) is 13.2. The van der Waals surface area contributed by atoms with E-state index in [0.29, 0.717) is 32.2 Å². The topological polar surface area (TPSA) is 145 Å². The minimum atomic E-state index is -1.39. The van der Waals surface area contributed by atoms with Gasteiger partial charge in [0.05, 0.1) is 6.42 Å². The molecule has 0 aromatic carbocycles. The molecular weight excluding hydrogens is 566 g/mol. The number of rotatable bonds is 6. The second-order valence-electron chi connectivity index (χ2n) is 13.2. The van der Waals surface area contributed by atoms with Gasteiger partial charge in [-0.2, -0.15) is 0 Å². The van der Waals surface area contributed by atoms with Crippen LogP contribution in [0.4, 0.5) is 0 Å². The molecular formula is C32H55N5O7. The normalized spacial score (nSPS) is 30.2. The maximum Gasteiger partial charge on any atom is 0.308 e. The molecule has 0 aromatic heterocycles. The molecule has 2 saturated heterocycles. The maximum atomic E-state index is 14.4. The lowest BCUT2D eigenvalue weighted by molar-refractivity contribution is -0.162. The number of esters is 1. The second kappa shape index (κ2) is 15.7. The number of likely N-dealkylation sites (N-methyl/N-ethyl adjacent to an activating group) is 2. The predicted octanol–water partition coefficient (Wildman–Crippen LogP) is 2.10. The third-order valence-corrected chi connectivity index (χ3v) is 9.61. The first kappa shape index (κ1) is 37.0. The first-order valence-corrected chi connectivity index (χ1v) is 16.1. The number of fused-ring (bicyclic) bond motifs is 1. The first-order chi connectivity index (χ1) is 20.5. The molecule has 0 aliphatic carbocycles. The molecule has 2 N–H and O–H groups in total. The van der Waals surface area contributed by atoms with E-state index in [1.54, 1.807) is 20.9 Å². The number of hydrogen-bond acceptors (Lipinski definition) is 7. The van der Waals surface area contributed by atoms with Crippen molar-refractivity contribution < 1.29 is 33.5 Å². The van der Waals surface area contributed by atoms with Gasteiger partial charge in [-0.1, -0.05) is 54.4 Å². The van der Waals surface area contributed by atoms with Gasteiger partial charge in [-0.05, 0) is 50.9 Å². The fourth-order valence-electron chi connectivity index (χ4n) is 5.99. The number of ether oxygens (including phenoxy) is 1. The quantitative estimate of drug-likeness (QED) is 0.432. The highest BCUT2D eigenvalue weighted by Crippen LogP contribution is 2.29. The van der Waals surface area contributed by atoms with Gasteiger partial charge in [0.1, 0.15) is 23.7 Å². The maximum absolute atomic E-state index is 14.4. The number of hydrogen-bond donors (Lipinski definition) is 2. The van der Waals surface area contributed by atoms with E-state index < -0.39 is 65.3 Å². The van der Waals surface area contributed by atoms with Crippen molar-refractivity contribution in [3.63, 3.8) is 0 Å². The molecule has 0 spiro atoms. The van der Waals surface area contributed by atoms with Crippen molar-refractivity contribution in [1.82, 2.24) is 25.3 Å². The SMILES string of the molecule is CC[C@@H](C)[C@]1(C)NC(=O)[C@@H]2CCCN2C(=O)[C@@H](CC(C)C)OC(=O)CCNC(=O)[C@H](C)N(C)C(=O)[C@H]([C@@H](C)CC)N(C)C1=O. The summed E-state index contributed by atoms with van der Waals surface area (Å²) in [6, 6.07) is -2.62. The zero-order valence-electron chi connectivity index (χ0n) is 28.4. The Morgan fingerprint density at radius 1 is 0.932 bits per heavy atom. The Morgan fingerprint density at radius 3 is 2.14 bits per heavy atom. The monoisotopic (exact) mass is 621 g/mol. The summed E-state index contributed by atoms with van der Waals surface area (Å²) in [4.78, 5) is 86.0. The van der Waals surface area contributed by atoms with Crippen molar-refractivity contribution in [1.29, 1.82) is 0 Å². The highest BCUT2D eigenvalue weighted by atomic mass is 16.5. The van der Waals surface area contributed by atoms with Crippen LogP contribution in [0.1, 0.15) is 93.9 Å². The van der Waals surface area contributed by atoms with Crippen LogP contribution in [0.3, 0.4) is 0 Å². The zero-order chi connectivity index (χ0) is 33.5. The molecule has 0 aromatic rings. The van der Waals surface area contributed by atoms with Gasteiger partial charge < -0.3 is 30.1 Å². The van der Waals surface area contributed by atoms with Gasteiger partial charge in [-0.15, -0.1) is 0 Å². The van der Waals surface area contributed by atoms with Crippen LogP contribution in [-0.2, 0) is 33.5 Å². The van der Waals surface area contributed by atoms with Gasteiger partial charge >= 0.3 is 5.97 Å². The van der Waals surface area contributed by atoms with Crippen molar-refractivity contribution in [2.45, 2.75) is 124 Å². The van der Waals surface area contributed by atoms with E-state index in [-0.39, 0.29) is 37.1 Å². The molecule has 0 saturated carbocycles. The molecule has 12 nitrogen and oxygen atoms in total. The molecule has 0 bridgehead atoms. The van der Waals surface area contributed by atoms with Crippen molar-refractivity contribution in [2.75, 3.05) is 27.2 Å². The van der Waals surface area contributed by atoms with Crippen LogP contribution in [-0.4, -0.2) is 107 Å². The molecule has 7 atom stereocenters. The Balaban J connectivity index is 2.63. The summed E-state index contributed by atoms with van der Waals surface area (Å²) in [5.41, 5.74) is -1.39. The molecule has 44 heavy (non-hydrogen) atoms. The average molecular weight is 622 g/mol. The molecule has 2 aliphatic heterocycles. The number of nitrogens with zero attached hydrogens (tertiary/aromatic N) is 3. The van der Waals surface area contributed by atoms with Gasteiger partial charge in [-0.3, -0.25) is 28.8 Å². The molecule has 2 heterocycles. The van der Waals surface area contributed by atoms with Crippen LogP contribution in [0.25, 0.3) is 0 Å². The highest BCUT2D eigenvalue weighted by Gasteiger charge is 2.48. The minimum Gasteiger partial charge on any atom is -0.452 e. The Kier molecular flexibility index (Phi) is 13.2. The van der Waals surface area contributed by atoms with Crippen LogP contribution in [0.2, 0.25) is 0 Å². The van der Waals surface area contributed by atoms with Crippen LogP contribution in [0, 0.1) is 17.8 Å². The van der Waals surface area contributed by atoms with Crippen LogP contribution < -0.4 is 10.6 Å². The molecule has 2 fully saturated rings. The van der Waals surface area contributed by atoms with Gasteiger partial charge in [0.2, 0.25) is 23.6 Å². The largest absolute Gasteiger partial charge is 0.452 e. The van der Waals surface area contributed by atoms with E-state index in [1.165, 1.54) is 21.7 Å². The van der Waals surface area contributed by atoms with Crippen molar-refractivity contribution in [3.8, 4) is 0 Å². The summed E-state index contributed by atoms with van der Waals surface area (Å²) in [7, 11) is 3.08. The zero-order valence-corrected chi connectivity index (χ0v) is 28.4. The van der Waals surface area contributed by atoms with E-state index in [0.717, 1.165) is 0 Å². The summed E-state index contributed by atoms with van der Waals surface area (Å²) in [5.74, 6) is -3.38. The third kappa shape index (κ3) is 8.29. The van der Waals surface area contributed by atoms with E-state index >= 15 is 0 Å². The summed E-state index contributed by atoms with van der Waals surface area (Å²) in [5, 5.41) is 5.68. The lowest BCUT2D eigenvalue weighted by atomic mass is 9.82. The Bertz CT molecular complexity index is 1080. The molecule has 2 rings (SSSR count). The number of carbonyl (C=O) groups is 6. The van der Waals surface area contributed by atoms with Crippen molar-refractivity contribution in [2.24, 2.45) is 17.8 Å². The molecule has 0 radical (unpaired) electrons. The molecule has 5 amide bonds. The number of carbonyl (C=O) groups excluding carboxylic acids is 6. The molecule has 12 heteroatoms. The Labute approximate surface area is 263 Å². The van der Waals surface area contributed by atoms with E-state index in [1.807, 2.05) is 41.5 Å². The van der Waals surface area contributed by atoms with Gasteiger partial charge in [0.15, 0.2) is 6.10 Å². The summed E-state index contributed by atoms with van der Waals surface area (Å²) in [6.45, 7) is 14.9. The molecule has 250 valence electrons. The van der Waals surface area contributed by atoms with Crippen molar-refractivity contribution in [3.05, 3.63) is 0 Å². The summed E-state index contributed by atoms with van der Waals surface area (Å²) in [6.07, 6.45) is 1.17. The predicted molar refractivity (Wildman–Crippen MR) is 166 cm³/mol. The van der Waals surface area contributed by atoms with Crippen LogP contribution in [0.5, 0.6) is 0 Å². The van der Waals surface area contributed by atoms with Crippen LogP contribution in [0.15, 0.2) is 0 Å². The smallest absolute Gasteiger partial charge is 0.308 e. The fourth-order valence-corrected chi connectivity index (χ4v) is 5.99. The minimum absolute atomic E-state index is 0.0298. The lowest BCUT2D eigenvalue weighted by Gasteiger charge is -2.43. The third-order valence-electron chi connectivity index (χ3n) is 9.61. The molecule has 0 unspecified atom stereocenters. The highest BCUT2D eigenvalue weighted by molar-refractivity contribution is 5.98. The summed E-state index contributed by atoms with van der Waals surface area (Å²) >= 11 is 0. The van der Waals surface area contributed by atoms with Crippen LogP contribution >= 0.6 is 0 Å². The summed E-state index contributed by atoms with van der Waals surface area (Å²) < 4.78 is 5.62. The van der Waals surface area contributed by atoms with Gasteiger partial charge in [-0.25, -0.2) is 0 Å². The lowest BCUT2D eigenvalue weighted by Crippen LogP contribution is -2.66. The number of cyclic esters (lactones) is 1. The Morgan fingerprint density at radius 2 is 1.57 bits per heavy atom. The first-order valence-electron chi connectivity index (χ1n) is 16.1. The molecule has 2 aliphatic rings. The Hall–Kier alpha value is -3.18. The van der Waals surface area contributed by atoms with E-state index in [9.17, 15) is 28.8 Å². The fraction of sp³-hybridized carbons (Fsp3) is 0.812. The van der Waals surface area contributed by atoms with Gasteiger partial charge in [0, 0.05) is 27.2 Å². The van der Waals surface area contributed by atoms with E-state index in [2.05, 4.69) is 10.6 Å². The number of amides is 5.